The number of aldehydes is 1. The first-order valence-corrected chi connectivity index (χ1v) is 7.46. The zero-order valence-corrected chi connectivity index (χ0v) is 13.5. The van der Waals surface area contributed by atoms with Crippen molar-refractivity contribution in [3.8, 4) is 16.9 Å². The summed E-state index contributed by atoms with van der Waals surface area (Å²) >= 11 is 0. The maximum atomic E-state index is 11.4. The second-order valence-corrected chi connectivity index (χ2v) is 5.55. The number of carbonyl (C=O) groups is 1. The quantitative estimate of drug-likeness (QED) is 0.394. The highest BCUT2D eigenvalue weighted by atomic mass is 16.6. The van der Waals surface area contributed by atoms with E-state index in [0.29, 0.717) is 17.5 Å². The Hall–Kier alpha value is -3.88. The zero-order chi connectivity index (χ0) is 18.8. The predicted molar refractivity (Wildman–Crippen MR) is 92.4 cm³/mol. The molecule has 0 saturated heterocycles. The van der Waals surface area contributed by atoms with E-state index in [1.807, 2.05) is 19.1 Å². The molecule has 0 aliphatic carbocycles. The number of benzene rings is 2. The Morgan fingerprint density at radius 3 is 2.31 bits per heavy atom. The smallest absolute Gasteiger partial charge is 0.298 e. The Morgan fingerprint density at radius 2 is 1.73 bits per heavy atom. The molecule has 0 unspecified atom stereocenters. The fourth-order valence-corrected chi connectivity index (χ4v) is 2.50. The highest BCUT2D eigenvalue weighted by molar-refractivity contribution is 5.85. The van der Waals surface area contributed by atoms with E-state index in [0.717, 1.165) is 17.7 Å². The molecule has 0 fully saturated rings. The molecule has 1 heterocycles. The first-order valence-electron chi connectivity index (χ1n) is 7.46. The van der Waals surface area contributed by atoms with Gasteiger partial charge in [-0.05, 0) is 13.0 Å². The minimum atomic E-state index is -0.726. The third-order valence-corrected chi connectivity index (χ3v) is 3.81. The molecule has 3 aromatic rings. The summed E-state index contributed by atoms with van der Waals surface area (Å²) in [6.45, 7) is 1.92. The summed E-state index contributed by atoms with van der Waals surface area (Å²) in [6, 6.07) is 10.5. The highest BCUT2D eigenvalue weighted by Crippen LogP contribution is 2.30. The van der Waals surface area contributed by atoms with Gasteiger partial charge in [0.1, 0.15) is 11.4 Å². The van der Waals surface area contributed by atoms with Crippen molar-refractivity contribution in [2.45, 2.75) is 6.92 Å². The first kappa shape index (κ1) is 17.0. The minimum absolute atomic E-state index is 0.0297. The van der Waals surface area contributed by atoms with Gasteiger partial charge in [0.05, 0.1) is 21.5 Å². The molecule has 2 aromatic carbocycles. The summed E-state index contributed by atoms with van der Waals surface area (Å²) in [5.74, 6) is 0. The van der Waals surface area contributed by atoms with Gasteiger partial charge >= 0.3 is 5.69 Å². The minimum Gasteiger partial charge on any atom is -0.298 e. The van der Waals surface area contributed by atoms with E-state index in [1.165, 1.54) is 16.9 Å². The largest absolute Gasteiger partial charge is 0.301 e. The lowest BCUT2D eigenvalue weighted by molar-refractivity contribution is -0.394. The van der Waals surface area contributed by atoms with E-state index >= 15 is 0 Å². The van der Waals surface area contributed by atoms with Crippen LogP contribution in [0.3, 0.4) is 0 Å². The van der Waals surface area contributed by atoms with Gasteiger partial charge in [-0.3, -0.25) is 25.0 Å². The number of nitro groups is 2. The third-order valence-electron chi connectivity index (χ3n) is 3.81. The molecular formula is C17H12N4O5. The molecule has 0 aliphatic heterocycles. The lowest BCUT2D eigenvalue weighted by Gasteiger charge is -2.03. The van der Waals surface area contributed by atoms with Gasteiger partial charge in [-0.1, -0.05) is 29.8 Å². The first-order chi connectivity index (χ1) is 12.4. The summed E-state index contributed by atoms with van der Waals surface area (Å²) in [7, 11) is 0. The average molecular weight is 352 g/mol. The second kappa shape index (κ2) is 6.55. The molecule has 3 rings (SSSR count). The van der Waals surface area contributed by atoms with Crippen LogP contribution in [0.15, 0.2) is 48.7 Å². The summed E-state index contributed by atoms with van der Waals surface area (Å²) in [4.78, 5) is 32.1. The molecule has 1 aromatic heterocycles. The molecule has 0 N–H and O–H groups in total. The van der Waals surface area contributed by atoms with Crippen molar-refractivity contribution in [3.63, 3.8) is 0 Å². The van der Waals surface area contributed by atoms with Crippen molar-refractivity contribution in [1.29, 1.82) is 0 Å². The van der Waals surface area contributed by atoms with Gasteiger partial charge < -0.3 is 0 Å². The molecule has 0 spiro atoms. The van der Waals surface area contributed by atoms with Crippen molar-refractivity contribution in [2.24, 2.45) is 0 Å². The van der Waals surface area contributed by atoms with Crippen molar-refractivity contribution in [3.05, 3.63) is 80.0 Å². The molecule has 9 heteroatoms. The normalized spacial score (nSPS) is 10.5. The van der Waals surface area contributed by atoms with Crippen LogP contribution in [0.4, 0.5) is 11.4 Å². The van der Waals surface area contributed by atoms with Gasteiger partial charge in [0.2, 0.25) is 0 Å². The number of nitrogens with zero attached hydrogens (tertiary/aromatic N) is 4. The predicted octanol–water partition coefficient (Wildman–Crippen LogP) is 3.48. The lowest BCUT2D eigenvalue weighted by atomic mass is 10.1. The third kappa shape index (κ3) is 3.05. The number of nitro benzene ring substituents is 2. The van der Waals surface area contributed by atoms with E-state index < -0.39 is 21.2 Å². The van der Waals surface area contributed by atoms with Gasteiger partial charge in [0.15, 0.2) is 6.29 Å². The number of hydrogen-bond donors (Lipinski definition) is 0. The van der Waals surface area contributed by atoms with Crippen LogP contribution in [-0.4, -0.2) is 25.9 Å². The molecule has 0 saturated carbocycles. The number of aromatic nitrogens is 2. The average Bonchev–Trinajstić information content (AvgIpc) is 3.06. The summed E-state index contributed by atoms with van der Waals surface area (Å²) < 4.78 is 1.18. The van der Waals surface area contributed by atoms with Gasteiger partial charge in [0.25, 0.3) is 5.69 Å². The Labute approximate surface area is 146 Å². The molecule has 26 heavy (non-hydrogen) atoms. The summed E-state index contributed by atoms with van der Waals surface area (Å²) in [5.41, 5.74) is 1.49. The van der Waals surface area contributed by atoms with Crippen LogP contribution < -0.4 is 0 Å². The fourth-order valence-electron chi connectivity index (χ4n) is 2.50. The standard InChI is InChI=1S/C17H12N4O5/c1-11-2-4-12(5-3-11)17-13(10-22)9-19(18-17)15-7-6-14(20(23)24)8-16(15)21(25)26/h2-10H,1H3. The van der Waals surface area contributed by atoms with Gasteiger partial charge in [0, 0.05) is 17.8 Å². The maximum absolute atomic E-state index is 11.4. The van der Waals surface area contributed by atoms with Crippen LogP contribution in [0.25, 0.3) is 16.9 Å². The fraction of sp³-hybridized carbons (Fsp3) is 0.0588. The van der Waals surface area contributed by atoms with Crippen molar-refractivity contribution in [1.82, 2.24) is 9.78 Å². The zero-order valence-electron chi connectivity index (χ0n) is 13.5. The topological polar surface area (TPSA) is 121 Å². The number of rotatable bonds is 5. The van der Waals surface area contributed by atoms with Crippen LogP contribution in [0, 0.1) is 27.2 Å². The molecule has 0 amide bonds. The Bertz CT molecular complexity index is 1020. The van der Waals surface area contributed by atoms with Crippen LogP contribution in [0.5, 0.6) is 0 Å². The number of hydrogen-bond acceptors (Lipinski definition) is 6. The van der Waals surface area contributed by atoms with E-state index in [2.05, 4.69) is 5.10 Å². The SMILES string of the molecule is Cc1ccc(-c2nn(-c3ccc([N+](=O)[O-])cc3[N+](=O)[O-])cc2C=O)cc1. The van der Waals surface area contributed by atoms with Crippen LogP contribution in [0.1, 0.15) is 15.9 Å². The van der Waals surface area contributed by atoms with Crippen molar-refractivity contribution >= 4 is 17.7 Å². The molecular weight excluding hydrogens is 340 g/mol. The summed E-state index contributed by atoms with van der Waals surface area (Å²) in [5, 5.41) is 26.4. The van der Waals surface area contributed by atoms with E-state index in [9.17, 15) is 25.0 Å². The van der Waals surface area contributed by atoms with Gasteiger partial charge in [-0.25, -0.2) is 4.68 Å². The Kier molecular flexibility index (Phi) is 4.27. The second-order valence-electron chi connectivity index (χ2n) is 5.55. The van der Waals surface area contributed by atoms with Gasteiger partial charge in [-0.15, -0.1) is 0 Å². The Balaban J connectivity index is 2.16. The number of carbonyl (C=O) groups excluding carboxylic acids is 1. The molecule has 0 atom stereocenters. The van der Waals surface area contributed by atoms with Crippen LogP contribution in [0.2, 0.25) is 0 Å². The molecule has 0 bridgehead atoms. The van der Waals surface area contributed by atoms with Crippen LogP contribution >= 0.6 is 0 Å². The monoisotopic (exact) mass is 352 g/mol. The Morgan fingerprint density at radius 1 is 1.04 bits per heavy atom. The van der Waals surface area contributed by atoms with E-state index in [4.69, 9.17) is 0 Å². The van der Waals surface area contributed by atoms with Crippen molar-refractivity contribution < 1.29 is 14.6 Å². The van der Waals surface area contributed by atoms with Crippen LogP contribution in [-0.2, 0) is 0 Å². The van der Waals surface area contributed by atoms with E-state index in [-0.39, 0.29) is 11.3 Å². The highest BCUT2D eigenvalue weighted by Gasteiger charge is 2.22. The molecule has 0 aliphatic rings. The molecule has 130 valence electrons. The molecule has 0 radical (unpaired) electrons. The number of non-ortho nitro benzene ring substituents is 1. The van der Waals surface area contributed by atoms with Crippen molar-refractivity contribution in [2.75, 3.05) is 0 Å². The lowest BCUT2D eigenvalue weighted by Crippen LogP contribution is -2.02. The molecule has 9 nitrogen and oxygen atoms in total. The summed E-state index contributed by atoms with van der Waals surface area (Å²) in [6.07, 6.45) is 1.96. The van der Waals surface area contributed by atoms with E-state index in [1.54, 1.807) is 12.1 Å². The number of aryl methyl sites for hydroxylation is 1. The maximum Gasteiger partial charge on any atom is 0.301 e. The van der Waals surface area contributed by atoms with Gasteiger partial charge in [-0.2, -0.15) is 5.10 Å².